The van der Waals surface area contributed by atoms with Crippen molar-refractivity contribution in [2.75, 3.05) is 6.61 Å². The van der Waals surface area contributed by atoms with E-state index in [1.807, 2.05) is 26.8 Å². The van der Waals surface area contributed by atoms with Crippen LogP contribution in [0.5, 0.6) is 11.5 Å². The van der Waals surface area contributed by atoms with E-state index in [2.05, 4.69) is 0 Å². The van der Waals surface area contributed by atoms with Crippen molar-refractivity contribution in [3.63, 3.8) is 0 Å². The van der Waals surface area contributed by atoms with Gasteiger partial charge < -0.3 is 14.6 Å². The molecule has 0 aliphatic rings. The van der Waals surface area contributed by atoms with Crippen LogP contribution in [0, 0.1) is 5.41 Å². The van der Waals surface area contributed by atoms with Crippen LogP contribution < -0.4 is 4.74 Å². The molecule has 0 saturated carbocycles. The molecule has 0 spiro atoms. The van der Waals surface area contributed by atoms with E-state index < -0.39 is 5.41 Å². The molecule has 0 radical (unpaired) electrons. The van der Waals surface area contributed by atoms with E-state index in [0.29, 0.717) is 29.9 Å². The molecule has 6 nitrogen and oxygen atoms in total. The van der Waals surface area contributed by atoms with Gasteiger partial charge in [-0.25, -0.2) is 0 Å². The minimum Gasteiger partial charge on any atom is -0.507 e. The first-order chi connectivity index (χ1) is 15.6. The number of ether oxygens (including phenoxy) is 2. The van der Waals surface area contributed by atoms with Crippen LogP contribution >= 0.6 is 0 Å². The molecule has 178 valence electrons. The van der Waals surface area contributed by atoms with E-state index >= 15 is 0 Å². The minimum absolute atomic E-state index is 0.0248. The lowest BCUT2D eigenvalue weighted by Gasteiger charge is -2.22. The molecule has 0 bridgehead atoms. The SMILES string of the molecule is CCCc1c(COc2ccc(C(=O)CC(C)(C)CC(=O)OCC)cc2)ccc(C(C)=O)c1O. The highest BCUT2D eigenvalue weighted by atomic mass is 16.5. The fraction of sp³-hybridized carbons (Fsp3) is 0.444. The summed E-state index contributed by atoms with van der Waals surface area (Å²) in [7, 11) is 0. The van der Waals surface area contributed by atoms with Crippen LogP contribution in [-0.4, -0.2) is 29.2 Å². The van der Waals surface area contributed by atoms with Gasteiger partial charge in [0.15, 0.2) is 11.6 Å². The molecule has 2 rings (SSSR count). The summed E-state index contributed by atoms with van der Waals surface area (Å²) in [6.07, 6.45) is 1.88. The monoisotopic (exact) mass is 454 g/mol. The maximum Gasteiger partial charge on any atom is 0.306 e. The van der Waals surface area contributed by atoms with Crippen LogP contribution in [0.2, 0.25) is 0 Å². The molecule has 0 heterocycles. The quantitative estimate of drug-likeness (QED) is 0.328. The number of phenolic OH excluding ortho intramolecular Hbond substituents is 1. The van der Waals surface area contributed by atoms with Crippen molar-refractivity contribution in [1.29, 1.82) is 0 Å². The number of ketones is 2. The predicted molar refractivity (Wildman–Crippen MR) is 127 cm³/mol. The third kappa shape index (κ3) is 7.45. The van der Waals surface area contributed by atoms with Crippen LogP contribution in [0.4, 0.5) is 0 Å². The van der Waals surface area contributed by atoms with Gasteiger partial charge in [-0.2, -0.15) is 0 Å². The standard InChI is InChI=1S/C27H34O6/c1-6-8-23-20(11-14-22(18(3)28)26(23)31)17-33-21-12-9-19(10-13-21)24(29)15-27(4,5)16-25(30)32-7-2/h9-14,31H,6-8,15-17H2,1-5H3. The summed E-state index contributed by atoms with van der Waals surface area (Å²) in [5, 5.41) is 10.5. The van der Waals surface area contributed by atoms with Gasteiger partial charge >= 0.3 is 5.97 Å². The number of carbonyl (C=O) groups is 3. The molecule has 0 atom stereocenters. The van der Waals surface area contributed by atoms with Gasteiger partial charge in [-0.05, 0) is 61.6 Å². The lowest BCUT2D eigenvalue weighted by atomic mass is 9.82. The molecule has 0 aromatic heterocycles. The van der Waals surface area contributed by atoms with E-state index in [4.69, 9.17) is 9.47 Å². The van der Waals surface area contributed by atoms with Crippen molar-refractivity contribution in [1.82, 2.24) is 0 Å². The second-order valence-corrected chi connectivity index (χ2v) is 8.96. The molecule has 0 aliphatic carbocycles. The topological polar surface area (TPSA) is 89.9 Å². The maximum absolute atomic E-state index is 12.7. The van der Waals surface area contributed by atoms with Crippen molar-refractivity contribution in [3.05, 3.63) is 58.7 Å². The first-order valence-corrected chi connectivity index (χ1v) is 11.3. The molecular formula is C27H34O6. The van der Waals surface area contributed by atoms with E-state index in [1.54, 1.807) is 37.3 Å². The van der Waals surface area contributed by atoms with Crippen LogP contribution in [0.1, 0.15) is 85.7 Å². The average molecular weight is 455 g/mol. The Morgan fingerprint density at radius 3 is 2.21 bits per heavy atom. The van der Waals surface area contributed by atoms with Crippen molar-refractivity contribution >= 4 is 17.5 Å². The third-order valence-corrected chi connectivity index (χ3v) is 5.40. The fourth-order valence-corrected chi connectivity index (χ4v) is 3.73. The van der Waals surface area contributed by atoms with Crippen LogP contribution in [-0.2, 0) is 22.6 Å². The van der Waals surface area contributed by atoms with Gasteiger partial charge in [0.2, 0.25) is 0 Å². The highest BCUT2D eigenvalue weighted by Gasteiger charge is 2.26. The molecule has 1 N–H and O–H groups in total. The first-order valence-electron chi connectivity index (χ1n) is 11.3. The smallest absolute Gasteiger partial charge is 0.306 e. The van der Waals surface area contributed by atoms with E-state index in [9.17, 15) is 19.5 Å². The van der Waals surface area contributed by atoms with Crippen molar-refractivity contribution in [2.24, 2.45) is 5.41 Å². The highest BCUT2D eigenvalue weighted by Crippen LogP contribution is 2.30. The number of benzene rings is 2. The largest absolute Gasteiger partial charge is 0.507 e. The molecule has 2 aromatic carbocycles. The van der Waals surface area contributed by atoms with E-state index in [-0.39, 0.29) is 42.7 Å². The van der Waals surface area contributed by atoms with Crippen LogP contribution in [0.15, 0.2) is 36.4 Å². The Balaban J connectivity index is 2.05. The molecule has 0 amide bonds. The number of phenols is 1. The zero-order valence-electron chi connectivity index (χ0n) is 20.2. The van der Waals surface area contributed by atoms with Gasteiger partial charge in [0.1, 0.15) is 18.1 Å². The molecular weight excluding hydrogens is 420 g/mol. The lowest BCUT2D eigenvalue weighted by Crippen LogP contribution is -2.22. The number of esters is 1. The van der Waals surface area contributed by atoms with Gasteiger partial charge in [0, 0.05) is 17.5 Å². The summed E-state index contributed by atoms with van der Waals surface area (Å²) in [4.78, 5) is 36.2. The molecule has 6 heteroatoms. The summed E-state index contributed by atoms with van der Waals surface area (Å²) in [5.41, 5.74) is 1.91. The number of Topliss-reactive ketones (excluding diaryl/α,β-unsaturated/α-hetero) is 2. The first kappa shape index (κ1) is 26.1. The van der Waals surface area contributed by atoms with Gasteiger partial charge in [-0.3, -0.25) is 14.4 Å². The molecule has 0 aliphatic heterocycles. The van der Waals surface area contributed by atoms with Crippen LogP contribution in [0.25, 0.3) is 0 Å². The van der Waals surface area contributed by atoms with Gasteiger partial charge in [-0.15, -0.1) is 0 Å². The number of carbonyl (C=O) groups excluding carboxylic acids is 3. The number of aromatic hydroxyl groups is 1. The van der Waals surface area contributed by atoms with Gasteiger partial charge in [-0.1, -0.05) is 33.3 Å². The summed E-state index contributed by atoms with van der Waals surface area (Å²) >= 11 is 0. The Hall–Kier alpha value is -3.15. The maximum atomic E-state index is 12.7. The summed E-state index contributed by atoms with van der Waals surface area (Å²) < 4.78 is 10.9. The van der Waals surface area contributed by atoms with E-state index in [1.165, 1.54) is 6.92 Å². The summed E-state index contributed by atoms with van der Waals surface area (Å²) in [6, 6.07) is 10.3. The molecule has 33 heavy (non-hydrogen) atoms. The minimum atomic E-state index is -0.498. The Kier molecular flexibility index (Phi) is 9.21. The second-order valence-electron chi connectivity index (χ2n) is 8.96. The predicted octanol–water partition coefficient (Wildman–Crippen LogP) is 5.68. The Morgan fingerprint density at radius 2 is 1.64 bits per heavy atom. The summed E-state index contributed by atoms with van der Waals surface area (Å²) in [6.45, 7) is 9.51. The van der Waals surface area contributed by atoms with E-state index in [0.717, 1.165) is 17.5 Å². The zero-order chi connectivity index (χ0) is 24.6. The zero-order valence-corrected chi connectivity index (χ0v) is 20.2. The highest BCUT2D eigenvalue weighted by molar-refractivity contribution is 5.97. The van der Waals surface area contributed by atoms with Gasteiger partial charge in [0.25, 0.3) is 0 Å². The molecule has 2 aromatic rings. The fourth-order valence-electron chi connectivity index (χ4n) is 3.73. The Labute approximate surface area is 195 Å². The number of hydrogen-bond donors (Lipinski definition) is 1. The van der Waals surface area contributed by atoms with Crippen molar-refractivity contribution in [3.8, 4) is 11.5 Å². The Bertz CT molecular complexity index is 988. The molecule has 0 unspecified atom stereocenters. The Morgan fingerprint density at radius 1 is 0.970 bits per heavy atom. The summed E-state index contributed by atoms with van der Waals surface area (Å²) in [5.74, 6) is 0.0874. The number of rotatable bonds is 12. The van der Waals surface area contributed by atoms with Crippen molar-refractivity contribution < 1.29 is 29.0 Å². The van der Waals surface area contributed by atoms with Gasteiger partial charge in [0.05, 0.1) is 18.6 Å². The molecule has 0 fully saturated rings. The lowest BCUT2D eigenvalue weighted by molar-refractivity contribution is -0.145. The van der Waals surface area contributed by atoms with Crippen LogP contribution in [0.3, 0.4) is 0 Å². The second kappa shape index (κ2) is 11.6. The number of hydrogen-bond acceptors (Lipinski definition) is 6. The molecule has 0 saturated heterocycles. The normalized spacial score (nSPS) is 11.2. The van der Waals surface area contributed by atoms with Crippen molar-refractivity contribution in [2.45, 2.75) is 66.9 Å². The average Bonchev–Trinajstić information content (AvgIpc) is 2.73. The third-order valence-electron chi connectivity index (χ3n) is 5.40.